The van der Waals surface area contributed by atoms with Gasteiger partial charge in [0, 0.05) is 0 Å². The molecule has 0 aromatic carbocycles. The zero-order valence-corrected chi connectivity index (χ0v) is 8.60. The van der Waals surface area contributed by atoms with Gasteiger partial charge in [-0.15, -0.1) is 0 Å². The molecule has 0 saturated heterocycles. The Morgan fingerprint density at radius 2 is 1.58 bits per heavy atom. The fourth-order valence-corrected chi connectivity index (χ4v) is 3.91. The van der Waals surface area contributed by atoms with Crippen molar-refractivity contribution in [3.8, 4) is 0 Å². The van der Waals surface area contributed by atoms with Crippen LogP contribution in [0.2, 0.25) is 0 Å². The first kappa shape index (κ1) is 8.59. The van der Waals surface area contributed by atoms with E-state index in [-0.39, 0.29) is 0 Å². The lowest BCUT2D eigenvalue weighted by molar-refractivity contribution is 0.158. The molecule has 0 heterocycles. The molecule has 2 fully saturated rings. The second-order valence-corrected chi connectivity index (χ2v) is 5.31. The summed E-state index contributed by atoms with van der Waals surface area (Å²) >= 11 is 0. The summed E-state index contributed by atoms with van der Waals surface area (Å²) in [5.74, 6) is 2.01. The molecule has 0 aromatic heterocycles. The summed E-state index contributed by atoms with van der Waals surface area (Å²) < 4.78 is 0. The summed E-state index contributed by atoms with van der Waals surface area (Å²) in [4.78, 5) is 0. The van der Waals surface area contributed by atoms with Crippen LogP contribution in [0.5, 0.6) is 0 Å². The number of hydrogen-bond acceptors (Lipinski definition) is 0. The normalized spacial score (nSPS) is 33.8. The summed E-state index contributed by atoms with van der Waals surface area (Å²) in [7, 11) is 0. The van der Waals surface area contributed by atoms with Crippen LogP contribution in [0.4, 0.5) is 0 Å². The molecule has 2 saturated carbocycles. The Labute approximate surface area is 76.7 Å². The molecule has 0 amide bonds. The van der Waals surface area contributed by atoms with E-state index in [9.17, 15) is 0 Å². The van der Waals surface area contributed by atoms with Crippen molar-refractivity contribution >= 4 is 0 Å². The van der Waals surface area contributed by atoms with E-state index in [1.165, 1.54) is 25.7 Å². The van der Waals surface area contributed by atoms with Crippen LogP contribution in [0, 0.1) is 17.3 Å². The molecule has 1 spiro atoms. The second kappa shape index (κ2) is 3.05. The lowest BCUT2D eigenvalue weighted by Crippen LogP contribution is -2.25. The van der Waals surface area contributed by atoms with Gasteiger partial charge < -0.3 is 0 Å². The van der Waals surface area contributed by atoms with Crippen LogP contribution in [0.3, 0.4) is 0 Å². The molecule has 0 heteroatoms. The van der Waals surface area contributed by atoms with Gasteiger partial charge in [-0.05, 0) is 42.9 Å². The van der Waals surface area contributed by atoms with E-state index >= 15 is 0 Å². The van der Waals surface area contributed by atoms with E-state index in [2.05, 4.69) is 13.8 Å². The maximum atomic E-state index is 2.43. The first-order chi connectivity index (χ1) is 5.75. The molecule has 0 radical (unpaired) electrons. The molecule has 2 rings (SSSR count). The fraction of sp³-hybridized carbons (Fsp3) is 1.00. The summed E-state index contributed by atoms with van der Waals surface area (Å²) in [5.41, 5.74) is 0.828. The second-order valence-electron chi connectivity index (χ2n) is 5.31. The maximum absolute atomic E-state index is 2.43. The van der Waals surface area contributed by atoms with Crippen molar-refractivity contribution in [1.29, 1.82) is 0 Å². The molecule has 0 aromatic rings. The molecule has 2 aliphatic carbocycles. The maximum Gasteiger partial charge on any atom is -0.0267 e. The van der Waals surface area contributed by atoms with Gasteiger partial charge in [-0.3, -0.25) is 0 Å². The Bertz CT molecular complexity index is 146. The van der Waals surface area contributed by atoms with Gasteiger partial charge in [0.25, 0.3) is 0 Å². The van der Waals surface area contributed by atoms with E-state index in [0.717, 1.165) is 17.3 Å². The van der Waals surface area contributed by atoms with Gasteiger partial charge in [0.2, 0.25) is 0 Å². The average Bonchev–Trinajstić information content (AvgIpc) is 2.61. The number of rotatable bonds is 1. The SMILES string of the molecule is CC(C)C1CCCC12CCCC2. The van der Waals surface area contributed by atoms with Gasteiger partial charge >= 0.3 is 0 Å². The molecule has 0 N–H and O–H groups in total. The quantitative estimate of drug-likeness (QED) is 0.552. The van der Waals surface area contributed by atoms with Crippen molar-refractivity contribution in [1.82, 2.24) is 0 Å². The molecule has 0 bridgehead atoms. The van der Waals surface area contributed by atoms with Gasteiger partial charge in [0.05, 0.1) is 0 Å². The lowest BCUT2D eigenvalue weighted by atomic mass is 9.71. The summed E-state index contributed by atoms with van der Waals surface area (Å²) in [6, 6.07) is 0. The topological polar surface area (TPSA) is 0 Å². The molecule has 1 atom stereocenters. The predicted octanol–water partition coefficient (Wildman–Crippen LogP) is 4.00. The van der Waals surface area contributed by atoms with Crippen molar-refractivity contribution < 1.29 is 0 Å². The highest BCUT2D eigenvalue weighted by Crippen LogP contribution is 2.56. The van der Waals surface area contributed by atoms with Crippen LogP contribution in [0.15, 0.2) is 0 Å². The van der Waals surface area contributed by atoms with E-state index in [4.69, 9.17) is 0 Å². The Morgan fingerprint density at radius 1 is 1.00 bits per heavy atom. The molecule has 0 aliphatic heterocycles. The van der Waals surface area contributed by atoms with E-state index in [1.54, 1.807) is 19.3 Å². The van der Waals surface area contributed by atoms with E-state index < -0.39 is 0 Å². The third-order valence-electron chi connectivity index (χ3n) is 4.38. The van der Waals surface area contributed by atoms with Gasteiger partial charge in [0.15, 0.2) is 0 Å². The molecule has 0 nitrogen and oxygen atoms in total. The Hall–Kier alpha value is 0. The third-order valence-corrected chi connectivity index (χ3v) is 4.38. The molecular weight excluding hydrogens is 144 g/mol. The Morgan fingerprint density at radius 3 is 2.17 bits per heavy atom. The van der Waals surface area contributed by atoms with Crippen LogP contribution in [-0.2, 0) is 0 Å². The first-order valence-electron chi connectivity index (χ1n) is 5.75. The molecule has 70 valence electrons. The van der Waals surface area contributed by atoms with Crippen molar-refractivity contribution in [2.75, 3.05) is 0 Å². The molecule has 1 unspecified atom stereocenters. The van der Waals surface area contributed by atoms with Gasteiger partial charge in [-0.2, -0.15) is 0 Å². The minimum atomic E-state index is 0.828. The monoisotopic (exact) mass is 166 g/mol. The highest BCUT2D eigenvalue weighted by atomic mass is 14.5. The van der Waals surface area contributed by atoms with Crippen molar-refractivity contribution in [3.05, 3.63) is 0 Å². The zero-order valence-electron chi connectivity index (χ0n) is 8.60. The van der Waals surface area contributed by atoms with Crippen LogP contribution in [0.25, 0.3) is 0 Å². The minimum absolute atomic E-state index is 0.828. The Balaban J connectivity index is 2.12. The lowest BCUT2D eigenvalue weighted by Gasteiger charge is -2.34. The van der Waals surface area contributed by atoms with Gasteiger partial charge in [0.1, 0.15) is 0 Å². The standard InChI is InChI=1S/C12H22/c1-10(2)11-6-5-9-12(11)7-3-4-8-12/h10-11H,3-9H2,1-2H3. The van der Waals surface area contributed by atoms with Crippen LogP contribution in [-0.4, -0.2) is 0 Å². The predicted molar refractivity (Wildman–Crippen MR) is 53.1 cm³/mol. The number of hydrogen-bond donors (Lipinski definition) is 0. The van der Waals surface area contributed by atoms with Crippen LogP contribution >= 0.6 is 0 Å². The van der Waals surface area contributed by atoms with Crippen molar-refractivity contribution in [2.45, 2.75) is 58.8 Å². The highest BCUT2D eigenvalue weighted by Gasteiger charge is 2.45. The van der Waals surface area contributed by atoms with E-state index in [0.29, 0.717) is 0 Å². The van der Waals surface area contributed by atoms with Crippen molar-refractivity contribution in [3.63, 3.8) is 0 Å². The summed E-state index contributed by atoms with van der Waals surface area (Å²) in [6.07, 6.45) is 10.7. The molecule has 2 aliphatic rings. The molecular formula is C12H22. The Kier molecular flexibility index (Phi) is 2.18. The van der Waals surface area contributed by atoms with Crippen LogP contribution < -0.4 is 0 Å². The molecule has 12 heavy (non-hydrogen) atoms. The summed E-state index contributed by atoms with van der Waals surface area (Å²) in [6.45, 7) is 4.85. The van der Waals surface area contributed by atoms with Crippen molar-refractivity contribution in [2.24, 2.45) is 17.3 Å². The van der Waals surface area contributed by atoms with E-state index in [1.807, 2.05) is 0 Å². The highest BCUT2D eigenvalue weighted by molar-refractivity contribution is 4.95. The third kappa shape index (κ3) is 1.20. The smallest absolute Gasteiger partial charge is 0.0267 e. The average molecular weight is 166 g/mol. The first-order valence-corrected chi connectivity index (χ1v) is 5.75. The minimum Gasteiger partial charge on any atom is -0.0625 e. The largest absolute Gasteiger partial charge is 0.0625 e. The fourth-order valence-electron chi connectivity index (χ4n) is 3.91. The van der Waals surface area contributed by atoms with Gasteiger partial charge in [-0.25, -0.2) is 0 Å². The van der Waals surface area contributed by atoms with Crippen LogP contribution in [0.1, 0.15) is 58.8 Å². The zero-order chi connectivity index (χ0) is 8.60. The summed E-state index contributed by atoms with van der Waals surface area (Å²) in [5, 5.41) is 0. The van der Waals surface area contributed by atoms with Gasteiger partial charge in [-0.1, -0.05) is 33.1 Å².